The molecule has 0 aromatic carbocycles. The lowest BCUT2D eigenvalue weighted by Crippen LogP contribution is -2.13. The van der Waals surface area contributed by atoms with Crippen LogP contribution < -0.4 is 10.6 Å². The number of hydrogen-bond donors (Lipinski definition) is 2. The number of ether oxygens (including phenoxy) is 2. The molecular weight excluding hydrogens is 301 g/mol. The molecule has 0 fully saturated rings. The predicted octanol–water partition coefficient (Wildman–Crippen LogP) is 3.29. The monoisotopic (exact) mass is 321 g/mol. The van der Waals surface area contributed by atoms with E-state index in [0.29, 0.717) is 48.0 Å². The smallest absolute Gasteiger partial charge is 0.147 e. The first-order chi connectivity index (χ1) is 9.69. The van der Waals surface area contributed by atoms with Crippen LogP contribution in [0.2, 0.25) is 10.0 Å². The molecule has 0 unspecified atom stereocenters. The number of methoxy groups -OCH3 is 1. The maximum atomic E-state index is 6.10. The van der Waals surface area contributed by atoms with Crippen molar-refractivity contribution in [2.75, 3.05) is 50.7 Å². The molecule has 0 aliphatic heterocycles. The van der Waals surface area contributed by atoms with Crippen LogP contribution in [0.15, 0.2) is 6.07 Å². The zero-order valence-electron chi connectivity index (χ0n) is 11.8. The summed E-state index contributed by atoms with van der Waals surface area (Å²) in [4.78, 5) is 4.38. The number of anilines is 2. The van der Waals surface area contributed by atoms with Gasteiger partial charge in [0.05, 0.1) is 29.9 Å². The normalized spacial score (nSPS) is 10.6. The Labute approximate surface area is 130 Å². The van der Waals surface area contributed by atoms with Crippen LogP contribution in [0.3, 0.4) is 0 Å². The van der Waals surface area contributed by atoms with E-state index in [9.17, 15) is 0 Å². The van der Waals surface area contributed by atoms with Gasteiger partial charge >= 0.3 is 0 Å². The van der Waals surface area contributed by atoms with Gasteiger partial charge in [-0.15, -0.1) is 0 Å². The van der Waals surface area contributed by atoms with Gasteiger partial charge in [-0.25, -0.2) is 4.98 Å². The molecule has 1 aromatic rings. The summed E-state index contributed by atoms with van der Waals surface area (Å²) in [5.74, 6) is 1.24. The van der Waals surface area contributed by atoms with Gasteiger partial charge in [0.1, 0.15) is 11.6 Å². The van der Waals surface area contributed by atoms with Gasteiger partial charge in [0.15, 0.2) is 0 Å². The van der Waals surface area contributed by atoms with Crippen LogP contribution in [0.4, 0.5) is 11.6 Å². The fourth-order valence-electron chi connectivity index (χ4n) is 1.44. The summed E-state index contributed by atoms with van der Waals surface area (Å²) in [6.07, 6.45) is 0.997. The molecule has 20 heavy (non-hydrogen) atoms. The third kappa shape index (κ3) is 6.13. The average Bonchev–Trinajstić information content (AvgIpc) is 2.43. The second kappa shape index (κ2) is 10.0. The van der Waals surface area contributed by atoms with E-state index in [1.54, 1.807) is 13.2 Å². The summed E-state index contributed by atoms with van der Waals surface area (Å²) in [6.45, 7) is 5.22. The molecule has 1 aromatic heterocycles. The molecule has 7 heteroatoms. The third-order valence-electron chi connectivity index (χ3n) is 2.44. The Bertz CT molecular complexity index is 405. The Kier molecular flexibility index (Phi) is 8.69. The van der Waals surface area contributed by atoms with E-state index >= 15 is 0 Å². The maximum Gasteiger partial charge on any atom is 0.147 e. The lowest BCUT2D eigenvalue weighted by molar-refractivity contribution is 0.0759. The van der Waals surface area contributed by atoms with E-state index in [4.69, 9.17) is 32.7 Å². The van der Waals surface area contributed by atoms with Crippen LogP contribution in [0, 0.1) is 0 Å². The van der Waals surface area contributed by atoms with Gasteiger partial charge in [0.2, 0.25) is 0 Å². The number of pyridine rings is 1. The van der Waals surface area contributed by atoms with E-state index in [1.165, 1.54) is 0 Å². The highest BCUT2D eigenvalue weighted by atomic mass is 35.5. The molecule has 0 spiro atoms. The Morgan fingerprint density at radius 2 is 1.70 bits per heavy atom. The minimum atomic E-state index is 0.494. The first-order valence-electron chi connectivity index (χ1n) is 6.59. The Morgan fingerprint density at radius 3 is 2.30 bits per heavy atom. The average molecular weight is 322 g/mol. The predicted molar refractivity (Wildman–Crippen MR) is 84.2 cm³/mol. The molecule has 114 valence electrons. The minimum absolute atomic E-state index is 0.494. The van der Waals surface area contributed by atoms with Gasteiger partial charge in [-0.05, 0) is 12.5 Å². The van der Waals surface area contributed by atoms with Crippen molar-refractivity contribution >= 4 is 34.8 Å². The molecule has 1 heterocycles. The zero-order valence-corrected chi connectivity index (χ0v) is 13.4. The van der Waals surface area contributed by atoms with Crippen molar-refractivity contribution in [1.82, 2.24) is 4.98 Å². The highest BCUT2D eigenvalue weighted by Crippen LogP contribution is 2.28. The lowest BCUT2D eigenvalue weighted by atomic mass is 10.4. The van der Waals surface area contributed by atoms with Crippen LogP contribution >= 0.6 is 23.2 Å². The molecular formula is C13H21Cl2N3O2. The number of rotatable bonds is 10. The largest absolute Gasteiger partial charge is 0.382 e. The number of hydrogen-bond acceptors (Lipinski definition) is 5. The molecule has 5 nitrogen and oxygen atoms in total. The molecule has 0 radical (unpaired) electrons. The van der Waals surface area contributed by atoms with Crippen LogP contribution in [-0.2, 0) is 9.47 Å². The fraction of sp³-hybridized carbons (Fsp3) is 0.615. The number of nitrogens with one attached hydrogen (secondary N) is 2. The molecule has 0 atom stereocenters. The van der Waals surface area contributed by atoms with Crippen molar-refractivity contribution in [3.8, 4) is 0 Å². The molecule has 0 aliphatic carbocycles. The van der Waals surface area contributed by atoms with Crippen molar-refractivity contribution in [1.29, 1.82) is 0 Å². The van der Waals surface area contributed by atoms with Crippen LogP contribution in [0.5, 0.6) is 0 Å². The fourth-order valence-corrected chi connectivity index (χ4v) is 1.94. The van der Waals surface area contributed by atoms with Crippen molar-refractivity contribution in [2.45, 2.75) is 13.3 Å². The van der Waals surface area contributed by atoms with E-state index in [1.807, 2.05) is 0 Å². The number of nitrogens with zero attached hydrogens (tertiary/aromatic N) is 1. The van der Waals surface area contributed by atoms with Gasteiger partial charge < -0.3 is 20.1 Å². The van der Waals surface area contributed by atoms with Crippen LogP contribution in [-0.4, -0.2) is 45.0 Å². The topological polar surface area (TPSA) is 55.4 Å². The Hall–Kier alpha value is -0.750. The summed E-state index contributed by atoms with van der Waals surface area (Å²) in [5, 5.41) is 7.30. The van der Waals surface area contributed by atoms with E-state index in [2.05, 4.69) is 22.5 Å². The van der Waals surface area contributed by atoms with E-state index < -0.39 is 0 Å². The zero-order chi connectivity index (χ0) is 14.8. The highest BCUT2D eigenvalue weighted by molar-refractivity contribution is 6.37. The van der Waals surface area contributed by atoms with Crippen molar-refractivity contribution in [2.24, 2.45) is 0 Å². The summed E-state index contributed by atoms with van der Waals surface area (Å²) >= 11 is 12.2. The van der Waals surface area contributed by atoms with Gasteiger partial charge in [-0.2, -0.15) is 0 Å². The number of halogens is 2. The maximum absolute atomic E-state index is 6.10. The second-order valence-electron chi connectivity index (χ2n) is 4.11. The molecule has 0 saturated heterocycles. The molecule has 0 saturated carbocycles. The molecule has 2 N–H and O–H groups in total. The van der Waals surface area contributed by atoms with Gasteiger partial charge in [-0.1, -0.05) is 30.1 Å². The lowest BCUT2D eigenvalue weighted by Gasteiger charge is -2.12. The minimum Gasteiger partial charge on any atom is -0.382 e. The first kappa shape index (κ1) is 17.3. The summed E-state index contributed by atoms with van der Waals surface area (Å²) in [7, 11) is 1.64. The van der Waals surface area contributed by atoms with Gasteiger partial charge in [0, 0.05) is 20.2 Å². The summed E-state index contributed by atoms with van der Waals surface area (Å²) in [6, 6.07) is 1.68. The van der Waals surface area contributed by atoms with E-state index in [0.717, 1.165) is 13.0 Å². The quantitative estimate of drug-likeness (QED) is 0.648. The highest BCUT2D eigenvalue weighted by Gasteiger charge is 2.08. The molecule has 1 rings (SSSR count). The SMILES string of the molecule is CCCNc1nc(NCCOCCOC)c(Cl)cc1Cl. The summed E-state index contributed by atoms with van der Waals surface area (Å²) < 4.78 is 10.2. The molecule has 0 aliphatic rings. The van der Waals surface area contributed by atoms with Gasteiger partial charge in [0.25, 0.3) is 0 Å². The number of aromatic nitrogens is 1. The third-order valence-corrected chi connectivity index (χ3v) is 3.02. The van der Waals surface area contributed by atoms with Crippen molar-refractivity contribution < 1.29 is 9.47 Å². The molecule has 0 amide bonds. The molecule has 0 bridgehead atoms. The standard InChI is InChI=1S/C13H21Cl2N3O2/c1-3-4-16-12-10(14)9-11(15)13(18-12)17-5-6-20-8-7-19-2/h9H,3-8H2,1-2H3,(H2,16,17,18). The summed E-state index contributed by atoms with van der Waals surface area (Å²) in [5.41, 5.74) is 0. The Balaban J connectivity index is 2.47. The van der Waals surface area contributed by atoms with Gasteiger partial charge in [-0.3, -0.25) is 0 Å². The van der Waals surface area contributed by atoms with E-state index in [-0.39, 0.29) is 0 Å². The van der Waals surface area contributed by atoms with Crippen LogP contribution in [0.1, 0.15) is 13.3 Å². The van der Waals surface area contributed by atoms with Crippen molar-refractivity contribution in [3.05, 3.63) is 16.1 Å². The Morgan fingerprint density at radius 1 is 1.05 bits per heavy atom. The van der Waals surface area contributed by atoms with Crippen molar-refractivity contribution in [3.63, 3.8) is 0 Å². The first-order valence-corrected chi connectivity index (χ1v) is 7.35. The second-order valence-corrected chi connectivity index (χ2v) is 4.92. The van der Waals surface area contributed by atoms with Crippen LogP contribution in [0.25, 0.3) is 0 Å².